The fraction of sp³-hybridized carbons (Fsp3) is 0. The number of aromatic amines is 1. The minimum Gasteiger partial charge on any atom is -0.384 e. The molecule has 3 heterocycles. The first-order valence-corrected chi connectivity index (χ1v) is 5.40. The number of nitrogens with two attached hydrogens (primary N) is 1. The van der Waals surface area contributed by atoms with E-state index in [0.29, 0.717) is 29.1 Å². The minimum atomic E-state index is 0.350. The molecule has 0 amide bonds. The van der Waals surface area contributed by atoms with Crippen molar-refractivity contribution in [1.29, 1.82) is 0 Å². The largest absolute Gasteiger partial charge is 0.384 e. The van der Waals surface area contributed by atoms with E-state index in [-0.39, 0.29) is 0 Å². The van der Waals surface area contributed by atoms with Crippen LogP contribution in [0.1, 0.15) is 11.7 Å². The van der Waals surface area contributed by atoms with E-state index in [4.69, 9.17) is 10.3 Å². The summed E-state index contributed by atoms with van der Waals surface area (Å²) in [6.07, 6.45) is 8.11. The summed E-state index contributed by atoms with van der Waals surface area (Å²) < 4.78 is 5.07. The molecule has 0 saturated carbocycles. The summed E-state index contributed by atoms with van der Waals surface area (Å²) in [4.78, 5) is 18.9. The van der Waals surface area contributed by atoms with Gasteiger partial charge in [-0.3, -0.25) is 0 Å². The number of aromatic nitrogens is 6. The quantitative estimate of drug-likeness (QED) is 0.716. The standard InChI is InChI=1S/C11H9N7O/c12-8-5-7(15-6-16-8)11-17-10(19-18-11)2-1-9-13-3-4-14-9/h1-6H,(H,13,14)(H2,12,15,16)/b2-1+. The molecule has 0 radical (unpaired) electrons. The van der Waals surface area contributed by atoms with Crippen LogP contribution in [0.2, 0.25) is 0 Å². The number of nitrogens with zero attached hydrogens (tertiary/aromatic N) is 5. The van der Waals surface area contributed by atoms with Crippen molar-refractivity contribution in [1.82, 2.24) is 30.1 Å². The molecular formula is C11H9N7O. The predicted octanol–water partition coefficient (Wildman–Crippen LogP) is 1.00. The van der Waals surface area contributed by atoms with Crippen molar-refractivity contribution in [3.05, 3.63) is 36.5 Å². The van der Waals surface area contributed by atoms with Gasteiger partial charge in [0.1, 0.15) is 23.7 Å². The zero-order valence-electron chi connectivity index (χ0n) is 9.69. The summed E-state index contributed by atoms with van der Waals surface area (Å²) in [7, 11) is 0. The van der Waals surface area contributed by atoms with Gasteiger partial charge < -0.3 is 15.2 Å². The van der Waals surface area contributed by atoms with E-state index in [9.17, 15) is 0 Å². The molecule has 0 unspecified atom stereocenters. The molecule has 0 bridgehead atoms. The Hall–Kier alpha value is -3.03. The van der Waals surface area contributed by atoms with Gasteiger partial charge in [-0.1, -0.05) is 5.16 Å². The van der Waals surface area contributed by atoms with Crippen LogP contribution in [0.4, 0.5) is 5.82 Å². The molecule has 8 nitrogen and oxygen atoms in total. The Bertz CT molecular complexity index is 701. The molecule has 94 valence electrons. The predicted molar refractivity (Wildman–Crippen MR) is 67.3 cm³/mol. The average molecular weight is 255 g/mol. The number of rotatable bonds is 3. The van der Waals surface area contributed by atoms with Crippen molar-refractivity contribution in [2.45, 2.75) is 0 Å². The Kier molecular flexibility index (Phi) is 2.73. The number of imidazole rings is 1. The first kappa shape index (κ1) is 11.1. The number of hydrogen-bond donors (Lipinski definition) is 2. The Morgan fingerprint density at radius 1 is 1.21 bits per heavy atom. The van der Waals surface area contributed by atoms with Crippen molar-refractivity contribution < 1.29 is 4.52 Å². The molecule has 19 heavy (non-hydrogen) atoms. The maximum absolute atomic E-state index is 5.56. The van der Waals surface area contributed by atoms with Gasteiger partial charge in [-0.05, 0) is 6.08 Å². The van der Waals surface area contributed by atoms with Crippen LogP contribution in [-0.4, -0.2) is 30.1 Å². The molecule has 0 aliphatic heterocycles. The second-order valence-electron chi connectivity index (χ2n) is 3.59. The van der Waals surface area contributed by atoms with Gasteiger partial charge in [0.15, 0.2) is 0 Å². The van der Waals surface area contributed by atoms with Crippen LogP contribution >= 0.6 is 0 Å². The third-order valence-corrected chi connectivity index (χ3v) is 2.26. The summed E-state index contributed by atoms with van der Waals surface area (Å²) >= 11 is 0. The minimum absolute atomic E-state index is 0.350. The van der Waals surface area contributed by atoms with Gasteiger partial charge >= 0.3 is 0 Å². The van der Waals surface area contributed by atoms with Crippen LogP contribution in [-0.2, 0) is 0 Å². The lowest BCUT2D eigenvalue weighted by molar-refractivity contribution is 0.411. The van der Waals surface area contributed by atoms with E-state index >= 15 is 0 Å². The molecular weight excluding hydrogens is 246 g/mol. The van der Waals surface area contributed by atoms with Crippen LogP contribution in [0.15, 0.2) is 29.3 Å². The summed E-state index contributed by atoms with van der Waals surface area (Å²) in [6, 6.07) is 1.57. The van der Waals surface area contributed by atoms with E-state index in [0.717, 1.165) is 0 Å². The van der Waals surface area contributed by atoms with Gasteiger partial charge in [0.05, 0.1) is 0 Å². The second kappa shape index (κ2) is 4.69. The van der Waals surface area contributed by atoms with Gasteiger partial charge in [-0.25, -0.2) is 15.0 Å². The Balaban J connectivity index is 1.83. The molecule has 0 saturated heterocycles. The molecule has 0 aliphatic rings. The van der Waals surface area contributed by atoms with Crippen molar-refractivity contribution in [2.75, 3.05) is 5.73 Å². The van der Waals surface area contributed by atoms with Crippen molar-refractivity contribution in [2.24, 2.45) is 0 Å². The molecule has 3 aromatic rings. The lowest BCUT2D eigenvalue weighted by atomic mass is 10.4. The fourth-order valence-corrected chi connectivity index (χ4v) is 1.42. The van der Waals surface area contributed by atoms with Gasteiger partial charge in [-0.2, -0.15) is 4.98 Å². The second-order valence-corrected chi connectivity index (χ2v) is 3.59. The molecule has 3 rings (SSSR count). The Morgan fingerprint density at radius 3 is 2.95 bits per heavy atom. The zero-order valence-corrected chi connectivity index (χ0v) is 9.69. The van der Waals surface area contributed by atoms with Crippen LogP contribution in [0.25, 0.3) is 23.7 Å². The molecule has 3 N–H and O–H groups in total. The van der Waals surface area contributed by atoms with Crippen LogP contribution in [0.3, 0.4) is 0 Å². The molecule has 0 fully saturated rings. The first-order valence-electron chi connectivity index (χ1n) is 5.40. The fourth-order valence-electron chi connectivity index (χ4n) is 1.42. The lowest BCUT2D eigenvalue weighted by Crippen LogP contribution is -1.93. The molecule has 8 heteroatoms. The molecule has 0 aliphatic carbocycles. The van der Waals surface area contributed by atoms with E-state index < -0.39 is 0 Å². The third-order valence-electron chi connectivity index (χ3n) is 2.26. The average Bonchev–Trinajstić information content (AvgIpc) is 3.08. The lowest BCUT2D eigenvalue weighted by Gasteiger charge is -1.93. The number of H-pyrrole nitrogens is 1. The first-order chi connectivity index (χ1) is 9.31. The topological polar surface area (TPSA) is 119 Å². The van der Waals surface area contributed by atoms with E-state index in [1.807, 2.05) is 0 Å². The summed E-state index contributed by atoms with van der Waals surface area (Å²) in [5, 5.41) is 3.81. The monoisotopic (exact) mass is 255 g/mol. The van der Waals surface area contributed by atoms with Gasteiger partial charge in [0.2, 0.25) is 5.82 Å². The SMILES string of the molecule is Nc1cc(-c2noc(/C=C/c3ncc[nH]3)n2)ncn1. The van der Waals surface area contributed by atoms with Crippen LogP contribution in [0.5, 0.6) is 0 Å². The zero-order chi connectivity index (χ0) is 13.1. The van der Waals surface area contributed by atoms with Crippen LogP contribution in [0, 0.1) is 0 Å². The Morgan fingerprint density at radius 2 is 2.16 bits per heavy atom. The molecule has 3 aromatic heterocycles. The number of nitrogens with one attached hydrogen (secondary N) is 1. The van der Waals surface area contributed by atoms with Crippen molar-refractivity contribution in [3.63, 3.8) is 0 Å². The highest BCUT2D eigenvalue weighted by Gasteiger charge is 2.08. The molecule has 0 atom stereocenters. The van der Waals surface area contributed by atoms with E-state index in [2.05, 4.69) is 30.1 Å². The van der Waals surface area contributed by atoms with Crippen LogP contribution < -0.4 is 5.73 Å². The summed E-state index contributed by atoms with van der Waals surface area (Å²) in [6.45, 7) is 0. The summed E-state index contributed by atoms with van der Waals surface area (Å²) in [5.41, 5.74) is 6.07. The molecule has 0 spiro atoms. The Labute approximate surface area is 107 Å². The number of nitrogen functional groups attached to an aromatic ring is 1. The smallest absolute Gasteiger partial charge is 0.251 e. The number of anilines is 1. The van der Waals surface area contributed by atoms with E-state index in [1.165, 1.54) is 6.33 Å². The molecule has 0 aromatic carbocycles. The van der Waals surface area contributed by atoms with E-state index in [1.54, 1.807) is 30.6 Å². The highest BCUT2D eigenvalue weighted by Crippen LogP contribution is 2.14. The third kappa shape index (κ3) is 2.46. The number of hydrogen-bond acceptors (Lipinski definition) is 7. The van der Waals surface area contributed by atoms with Crippen molar-refractivity contribution >= 4 is 18.0 Å². The maximum Gasteiger partial charge on any atom is 0.251 e. The van der Waals surface area contributed by atoms with Gasteiger partial charge in [-0.15, -0.1) is 0 Å². The maximum atomic E-state index is 5.56. The van der Waals surface area contributed by atoms with Gasteiger partial charge in [0.25, 0.3) is 5.89 Å². The highest BCUT2D eigenvalue weighted by molar-refractivity contribution is 5.63. The summed E-state index contributed by atoms with van der Waals surface area (Å²) in [5.74, 6) is 1.75. The highest BCUT2D eigenvalue weighted by atomic mass is 16.5. The van der Waals surface area contributed by atoms with Crippen molar-refractivity contribution in [3.8, 4) is 11.5 Å². The van der Waals surface area contributed by atoms with Gasteiger partial charge in [0, 0.05) is 24.5 Å². The normalized spacial score (nSPS) is 11.2.